The topological polar surface area (TPSA) is 67.2 Å². The maximum atomic E-state index is 13.7. The van der Waals surface area contributed by atoms with Crippen LogP contribution in [0.15, 0.2) is 67.2 Å². The summed E-state index contributed by atoms with van der Waals surface area (Å²) in [5, 5.41) is 5.71. The predicted octanol–water partition coefficient (Wildman–Crippen LogP) is 3.48. The number of nitrogens with one attached hydrogen (secondary N) is 2. The summed E-state index contributed by atoms with van der Waals surface area (Å²) >= 11 is 0. The number of carbonyl (C=O) groups excluding carboxylic acids is 1. The Hall–Kier alpha value is -2.82. The Morgan fingerprint density at radius 1 is 1.26 bits per heavy atom. The van der Waals surface area contributed by atoms with Crippen molar-refractivity contribution >= 4 is 17.3 Å². The fraction of sp³-hybridized carbons (Fsp3) is 0.167. The summed E-state index contributed by atoms with van der Waals surface area (Å²) in [5.74, 6) is -0.875. The third kappa shape index (κ3) is 5.14. The SMILES string of the molecule is C=C(F)/C(=C\C)C(Nc1ccc(C(=C)N)cc1)C(=C)NC(C)=O. The van der Waals surface area contributed by atoms with Crippen LogP contribution in [0.1, 0.15) is 19.4 Å². The molecule has 0 bridgehead atoms. The third-order valence-electron chi connectivity index (χ3n) is 3.19. The smallest absolute Gasteiger partial charge is 0.221 e. The van der Waals surface area contributed by atoms with E-state index >= 15 is 0 Å². The fourth-order valence-corrected chi connectivity index (χ4v) is 2.08. The van der Waals surface area contributed by atoms with Gasteiger partial charge in [-0.2, -0.15) is 0 Å². The van der Waals surface area contributed by atoms with Crippen LogP contribution in [0.5, 0.6) is 0 Å². The summed E-state index contributed by atoms with van der Waals surface area (Å²) in [6.07, 6.45) is 1.59. The van der Waals surface area contributed by atoms with Gasteiger partial charge in [-0.3, -0.25) is 4.79 Å². The lowest BCUT2D eigenvalue weighted by Gasteiger charge is -2.24. The Morgan fingerprint density at radius 2 is 1.83 bits per heavy atom. The quantitative estimate of drug-likeness (QED) is 0.675. The molecule has 0 aromatic heterocycles. The van der Waals surface area contributed by atoms with Gasteiger partial charge in [-0.25, -0.2) is 4.39 Å². The highest BCUT2D eigenvalue weighted by Gasteiger charge is 2.20. The van der Waals surface area contributed by atoms with Gasteiger partial charge in [-0.05, 0) is 24.6 Å². The minimum Gasteiger partial charge on any atom is -0.399 e. The van der Waals surface area contributed by atoms with Crippen LogP contribution >= 0.6 is 0 Å². The molecule has 4 nitrogen and oxygen atoms in total. The molecule has 23 heavy (non-hydrogen) atoms. The Balaban J connectivity index is 3.09. The second kappa shape index (κ2) is 7.98. The summed E-state index contributed by atoms with van der Waals surface area (Å²) in [5.41, 5.74) is 8.24. The second-order valence-electron chi connectivity index (χ2n) is 5.04. The van der Waals surface area contributed by atoms with E-state index in [-0.39, 0.29) is 5.91 Å². The second-order valence-corrected chi connectivity index (χ2v) is 5.04. The van der Waals surface area contributed by atoms with E-state index in [4.69, 9.17) is 5.73 Å². The minimum absolute atomic E-state index is 0.281. The molecule has 0 heterocycles. The molecule has 1 aromatic rings. The van der Waals surface area contributed by atoms with Gasteiger partial charge in [0.15, 0.2) is 0 Å². The van der Waals surface area contributed by atoms with Crippen molar-refractivity contribution in [2.24, 2.45) is 5.73 Å². The summed E-state index contributed by atoms with van der Waals surface area (Å²) in [6.45, 7) is 13.9. The number of allylic oxidation sites excluding steroid dienone is 1. The monoisotopic (exact) mass is 315 g/mol. The number of hydrogen-bond donors (Lipinski definition) is 3. The molecule has 0 spiro atoms. The highest BCUT2D eigenvalue weighted by molar-refractivity contribution is 5.75. The van der Waals surface area contributed by atoms with Gasteiger partial charge in [0.1, 0.15) is 5.83 Å². The van der Waals surface area contributed by atoms with E-state index in [2.05, 4.69) is 30.4 Å². The average Bonchev–Trinajstić information content (AvgIpc) is 2.46. The van der Waals surface area contributed by atoms with Gasteiger partial charge in [-0.1, -0.05) is 37.9 Å². The molecular formula is C18H22FN3O. The average molecular weight is 315 g/mol. The van der Waals surface area contributed by atoms with Gasteiger partial charge in [0.2, 0.25) is 5.91 Å². The van der Waals surface area contributed by atoms with Crippen LogP contribution in [0.2, 0.25) is 0 Å². The Labute approximate surface area is 136 Å². The molecule has 1 rings (SSSR count). The zero-order valence-corrected chi connectivity index (χ0v) is 13.4. The first-order valence-electron chi connectivity index (χ1n) is 7.05. The van der Waals surface area contributed by atoms with Crippen molar-refractivity contribution in [3.63, 3.8) is 0 Å². The minimum atomic E-state index is -0.645. The number of benzene rings is 1. The Morgan fingerprint density at radius 3 is 2.22 bits per heavy atom. The molecule has 0 aliphatic carbocycles. The van der Waals surface area contributed by atoms with Crippen molar-refractivity contribution in [1.29, 1.82) is 0 Å². The van der Waals surface area contributed by atoms with Gasteiger partial charge in [-0.15, -0.1) is 0 Å². The molecular weight excluding hydrogens is 293 g/mol. The van der Waals surface area contributed by atoms with Crippen molar-refractivity contribution in [2.45, 2.75) is 19.9 Å². The van der Waals surface area contributed by atoms with E-state index < -0.39 is 11.9 Å². The number of carbonyl (C=O) groups is 1. The summed E-state index contributed by atoms with van der Waals surface area (Å²) in [6, 6.07) is 6.52. The molecule has 0 saturated carbocycles. The lowest BCUT2D eigenvalue weighted by Crippen LogP contribution is -2.34. The Kier molecular flexibility index (Phi) is 6.33. The molecule has 1 atom stereocenters. The number of halogens is 1. The van der Waals surface area contributed by atoms with Gasteiger partial charge in [0.05, 0.1) is 6.04 Å². The normalized spacial score (nSPS) is 12.2. The predicted molar refractivity (Wildman–Crippen MR) is 94.0 cm³/mol. The van der Waals surface area contributed by atoms with Gasteiger partial charge in [0.25, 0.3) is 0 Å². The number of nitrogens with two attached hydrogens (primary N) is 1. The van der Waals surface area contributed by atoms with E-state index in [1.54, 1.807) is 37.3 Å². The van der Waals surface area contributed by atoms with Crippen LogP contribution in [-0.4, -0.2) is 11.9 Å². The Bertz CT molecular complexity index is 659. The van der Waals surface area contributed by atoms with E-state index in [0.29, 0.717) is 22.7 Å². The first-order chi connectivity index (χ1) is 10.8. The molecule has 0 radical (unpaired) electrons. The molecule has 0 aliphatic heterocycles. The molecule has 1 unspecified atom stereocenters. The van der Waals surface area contributed by atoms with Crippen molar-refractivity contribution < 1.29 is 9.18 Å². The number of amides is 1. The van der Waals surface area contributed by atoms with Crippen molar-refractivity contribution in [3.05, 3.63) is 72.7 Å². The molecule has 5 heteroatoms. The van der Waals surface area contributed by atoms with Gasteiger partial charge in [0, 0.05) is 29.6 Å². The molecule has 0 aliphatic rings. The first-order valence-corrected chi connectivity index (χ1v) is 7.05. The molecule has 4 N–H and O–H groups in total. The maximum absolute atomic E-state index is 13.7. The van der Waals surface area contributed by atoms with E-state index in [1.165, 1.54) is 6.92 Å². The summed E-state index contributed by atoms with van der Waals surface area (Å²) in [4.78, 5) is 11.3. The van der Waals surface area contributed by atoms with Crippen LogP contribution in [0.4, 0.5) is 10.1 Å². The summed E-state index contributed by atoms with van der Waals surface area (Å²) in [7, 11) is 0. The first kappa shape index (κ1) is 18.2. The van der Waals surface area contributed by atoms with Crippen molar-refractivity contribution in [1.82, 2.24) is 5.32 Å². The standard InChI is InChI=1S/C18H22FN3O/c1-6-17(11(2)19)18(13(4)21-14(5)23)22-16-9-7-15(8-10-16)12(3)20/h6-10,18,22H,2-4,20H2,1,5H3,(H,21,23)/b17-6+. The highest BCUT2D eigenvalue weighted by Crippen LogP contribution is 2.23. The van der Waals surface area contributed by atoms with Crippen LogP contribution in [0.3, 0.4) is 0 Å². The van der Waals surface area contributed by atoms with E-state index in [9.17, 15) is 9.18 Å². The van der Waals surface area contributed by atoms with Crippen molar-refractivity contribution in [2.75, 3.05) is 5.32 Å². The number of rotatable bonds is 7. The van der Waals surface area contributed by atoms with Crippen LogP contribution < -0.4 is 16.4 Å². The van der Waals surface area contributed by atoms with E-state index in [1.807, 2.05) is 0 Å². The maximum Gasteiger partial charge on any atom is 0.221 e. The van der Waals surface area contributed by atoms with Gasteiger partial charge < -0.3 is 16.4 Å². The molecule has 0 fully saturated rings. The number of hydrogen-bond acceptors (Lipinski definition) is 3. The molecule has 0 saturated heterocycles. The lowest BCUT2D eigenvalue weighted by molar-refractivity contribution is -0.118. The van der Waals surface area contributed by atoms with E-state index in [0.717, 1.165) is 5.56 Å². The zero-order chi connectivity index (χ0) is 17.6. The number of anilines is 1. The van der Waals surface area contributed by atoms with Crippen LogP contribution in [-0.2, 0) is 4.79 Å². The highest BCUT2D eigenvalue weighted by atomic mass is 19.1. The third-order valence-corrected chi connectivity index (χ3v) is 3.19. The summed E-state index contributed by atoms with van der Waals surface area (Å²) < 4.78 is 13.7. The fourth-order valence-electron chi connectivity index (χ4n) is 2.08. The molecule has 122 valence electrons. The van der Waals surface area contributed by atoms with Crippen LogP contribution in [0, 0.1) is 0 Å². The zero-order valence-electron chi connectivity index (χ0n) is 13.4. The van der Waals surface area contributed by atoms with Gasteiger partial charge >= 0.3 is 0 Å². The molecule has 1 aromatic carbocycles. The largest absolute Gasteiger partial charge is 0.399 e. The van der Waals surface area contributed by atoms with Crippen LogP contribution in [0.25, 0.3) is 5.70 Å². The lowest BCUT2D eigenvalue weighted by atomic mass is 10.0. The van der Waals surface area contributed by atoms with Crippen molar-refractivity contribution in [3.8, 4) is 0 Å². The molecule has 1 amide bonds.